The molecule has 19 heavy (non-hydrogen) atoms. The van der Waals surface area contributed by atoms with E-state index in [1.165, 1.54) is 31.8 Å². The van der Waals surface area contributed by atoms with Crippen molar-refractivity contribution in [1.82, 2.24) is 0 Å². The summed E-state index contributed by atoms with van der Waals surface area (Å²) in [6.07, 6.45) is 7.02. The second kappa shape index (κ2) is 4.10. The molecule has 0 aromatic rings. The number of carbonyl (C=O) groups excluding carboxylic acids is 1. The quantitative estimate of drug-likeness (QED) is 0.442. The topological polar surface area (TPSA) is 26.3 Å². The third-order valence-electron chi connectivity index (χ3n) is 6.89. The van der Waals surface area contributed by atoms with E-state index in [2.05, 4.69) is 13.5 Å². The van der Waals surface area contributed by atoms with Gasteiger partial charge in [0.05, 0.1) is 6.61 Å². The van der Waals surface area contributed by atoms with Crippen LogP contribution in [-0.4, -0.2) is 12.6 Å². The van der Waals surface area contributed by atoms with Crippen LogP contribution in [0.5, 0.6) is 0 Å². The second-order valence-corrected chi connectivity index (χ2v) is 7.52. The van der Waals surface area contributed by atoms with Crippen molar-refractivity contribution in [2.24, 2.45) is 47.3 Å². The van der Waals surface area contributed by atoms with Crippen LogP contribution in [0.25, 0.3) is 0 Å². The minimum absolute atomic E-state index is 0.249. The van der Waals surface area contributed by atoms with Crippen LogP contribution in [0.3, 0.4) is 0 Å². The summed E-state index contributed by atoms with van der Waals surface area (Å²) < 4.78 is 5.33. The number of ether oxygens (including phenoxy) is 1. The summed E-state index contributed by atoms with van der Waals surface area (Å²) in [7, 11) is 0. The molecule has 0 amide bonds. The van der Waals surface area contributed by atoms with Gasteiger partial charge in [-0.3, -0.25) is 0 Å². The average molecular weight is 260 g/mol. The molecule has 0 N–H and O–H groups in total. The Morgan fingerprint density at radius 3 is 2.68 bits per heavy atom. The highest BCUT2D eigenvalue weighted by atomic mass is 16.5. The zero-order valence-corrected chi connectivity index (χ0v) is 11.8. The van der Waals surface area contributed by atoms with Crippen molar-refractivity contribution in [3.8, 4) is 0 Å². The molecular weight excluding hydrogens is 236 g/mol. The van der Waals surface area contributed by atoms with Gasteiger partial charge in [0.25, 0.3) is 0 Å². The van der Waals surface area contributed by atoms with Crippen molar-refractivity contribution < 1.29 is 9.53 Å². The highest BCUT2D eigenvalue weighted by molar-refractivity contribution is 5.81. The fraction of sp³-hybridized carbons (Fsp3) is 0.824. The van der Waals surface area contributed by atoms with Crippen LogP contribution in [0, 0.1) is 47.3 Å². The number of rotatable bonds is 3. The van der Waals surface area contributed by atoms with Crippen LogP contribution in [0.1, 0.15) is 32.6 Å². The summed E-state index contributed by atoms with van der Waals surface area (Å²) in [4.78, 5) is 11.2. The number of carbonyl (C=O) groups is 1. The van der Waals surface area contributed by atoms with Gasteiger partial charge in [0.2, 0.25) is 0 Å². The molecule has 0 saturated heterocycles. The summed E-state index contributed by atoms with van der Waals surface area (Å²) in [6, 6.07) is 0. The first-order valence-corrected chi connectivity index (χ1v) is 7.98. The third-order valence-corrected chi connectivity index (χ3v) is 6.89. The lowest BCUT2D eigenvalue weighted by molar-refractivity contribution is -0.140. The number of hydrogen-bond donors (Lipinski definition) is 0. The Balaban J connectivity index is 1.47. The first-order valence-electron chi connectivity index (χ1n) is 7.98. The largest absolute Gasteiger partial charge is 0.462 e. The van der Waals surface area contributed by atoms with E-state index in [4.69, 9.17) is 4.74 Å². The Bertz CT molecular complexity index is 415. The molecule has 4 fully saturated rings. The zero-order valence-electron chi connectivity index (χ0n) is 11.8. The smallest absolute Gasteiger partial charge is 0.330 e. The molecule has 8 atom stereocenters. The van der Waals surface area contributed by atoms with Crippen LogP contribution in [-0.2, 0) is 9.53 Å². The first-order chi connectivity index (χ1) is 9.19. The molecule has 8 unspecified atom stereocenters. The lowest BCUT2D eigenvalue weighted by Gasteiger charge is -2.40. The van der Waals surface area contributed by atoms with Crippen LogP contribution in [0.2, 0.25) is 0 Å². The van der Waals surface area contributed by atoms with Crippen LogP contribution < -0.4 is 0 Å². The van der Waals surface area contributed by atoms with Crippen molar-refractivity contribution in [3.63, 3.8) is 0 Å². The van der Waals surface area contributed by atoms with E-state index < -0.39 is 0 Å². The van der Waals surface area contributed by atoms with E-state index in [-0.39, 0.29) is 5.97 Å². The molecule has 4 aliphatic rings. The molecule has 0 spiro atoms. The fourth-order valence-electron chi connectivity index (χ4n) is 6.51. The van der Waals surface area contributed by atoms with Crippen LogP contribution in [0.4, 0.5) is 0 Å². The number of hydrogen-bond acceptors (Lipinski definition) is 2. The van der Waals surface area contributed by atoms with Crippen LogP contribution >= 0.6 is 0 Å². The Morgan fingerprint density at radius 1 is 1.16 bits per heavy atom. The molecule has 0 aromatic carbocycles. The molecule has 4 saturated carbocycles. The Morgan fingerprint density at radius 2 is 1.89 bits per heavy atom. The summed E-state index contributed by atoms with van der Waals surface area (Å²) in [5.41, 5.74) is 0. The van der Waals surface area contributed by atoms with Gasteiger partial charge in [-0.05, 0) is 73.0 Å². The van der Waals surface area contributed by atoms with Crippen molar-refractivity contribution in [3.05, 3.63) is 12.7 Å². The molecule has 0 aromatic heterocycles. The van der Waals surface area contributed by atoms with Gasteiger partial charge in [-0.15, -0.1) is 0 Å². The summed E-state index contributed by atoms with van der Waals surface area (Å²) in [5.74, 6) is 7.18. The highest BCUT2D eigenvalue weighted by Crippen LogP contribution is 2.69. The minimum Gasteiger partial charge on any atom is -0.462 e. The van der Waals surface area contributed by atoms with Gasteiger partial charge in [-0.1, -0.05) is 13.5 Å². The van der Waals surface area contributed by atoms with Gasteiger partial charge in [-0.2, -0.15) is 0 Å². The number of fused-ring (bicyclic) bond motifs is 9. The predicted octanol–water partition coefficient (Wildman–Crippen LogP) is 3.28. The summed E-state index contributed by atoms with van der Waals surface area (Å²) in [6.45, 7) is 6.57. The molecule has 4 bridgehead atoms. The number of esters is 1. The molecule has 0 radical (unpaired) electrons. The second-order valence-electron chi connectivity index (χ2n) is 7.52. The normalized spacial score (nSPS) is 53.3. The molecule has 2 heteroatoms. The maximum atomic E-state index is 11.2. The minimum atomic E-state index is -0.249. The van der Waals surface area contributed by atoms with Crippen molar-refractivity contribution >= 4 is 5.97 Å². The van der Waals surface area contributed by atoms with E-state index in [1.807, 2.05) is 0 Å². The third kappa shape index (κ3) is 1.58. The Kier molecular flexibility index (Phi) is 2.59. The monoisotopic (exact) mass is 260 g/mol. The Labute approximate surface area is 115 Å². The van der Waals surface area contributed by atoms with E-state index in [0.717, 1.165) is 41.4 Å². The maximum absolute atomic E-state index is 11.2. The van der Waals surface area contributed by atoms with Crippen molar-refractivity contribution in [1.29, 1.82) is 0 Å². The molecule has 4 rings (SSSR count). The van der Waals surface area contributed by atoms with E-state index in [9.17, 15) is 4.79 Å². The van der Waals surface area contributed by atoms with Gasteiger partial charge in [0.1, 0.15) is 0 Å². The molecule has 0 heterocycles. The summed E-state index contributed by atoms with van der Waals surface area (Å²) in [5, 5.41) is 0. The molecule has 104 valence electrons. The van der Waals surface area contributed by atoms with Gasteiger partial charge in [0.15, 0.2) is 0 Å². The van der Waals surface area contributed by atoms with Gasteiger partial charge < -0.3 is 4.74 Å². The molecular formula is C17H24O2. The van der Waals surface area contributed by atoms with Gasteiger partial charge in [0, 0.05) is 6.08 Å². The highest BCUT2D eigenvalue weighted by Gasteiger charge is 2.63. The van der Waals surface area contributed by atoms with Crippen molar-refractivity contribution in [2.45, 2.75) is 32.6 Å². The molecule has 0 aliphatic heterocycles. The SMILES string of the molecule is C=CC(=O)OCC1CC2CC1C1C3CC(CC3C)C21. The van der Waals surface area contributed by atoms with E-state index in [0.29, 0.717) is 12.5 Å². The van der Waals surface area contributed by atoms with Gasteiger partial charge >= 0.3 is 5.97 Å². The van der Waals surface area contributed by atoms with Gasteiger partial charge in [-0.25, -0.2) is 4.79 Å². The van der Waals surface area contributed by atoms with E-state index >= 15 is 0 Å². The molecule has 4 aliphatic carbocycles. The predicted molar refractivity (Wildman–Crippen MR) is 73.2 cm³/mol. The lowest BCUT2D eigenvalue weighted by atomic mass is 9.65. The first kappa shape index (κ1) is 12.0. The zero-order chi connectivity index (χ0) is 13.1. The van der Waals surface area contributed by atoms with E-state index in [1.54, 1.807) is 0 Å². The summed E-state index contributed by atoms with van der Waals surface area (Å²) >= 11 is 0. The average Bonchev–Trinajstić information content (AvgIpc) is 3.11. The fourth-order valence-corrected chi connectivity index (χ4v) is 6.51. The lowest BCUT2D eigenvalue weighted by Crippen LogP contribution is -2.36. The van der Waals surface area contributed by atoms with Crippen LogP contribution in [0.15, 0.2) is 12.7 Å². The Hall–Kier alpha value is -0.790. The van der Waals surface area contributed by atoms with Crippen molar-refractivity contribution in [2.75, 3.05) is 6.61 Å². The molecule has 2 nitrogen and oxygen atoms in total. The standard InChI is InChI=1S/C17H24O2/c1-3-15(18)19-8-12-5-11-7-14(12)17-13-6-10(16(11)17)4-9(13)2/h3,9-14,16-17H,1,4-8H2,2H3. The maximum Gasteiger partial charge on any atom is 0.330 e.